The SMILES string of the molecule is CCn1cc[n+]2c1CCC2. The Morgan fingerprint density at radius 3 is 3.40 bits per heavy atom. The second-order valence-corrected chi connectivity index (χ2v) is 2.80. The molecule has 0 bridgehead atoms. The standard InChI is InChI=1S/C8H13N2/c1-2-9-6-7-10-5-3-4-8(9)10/h6-7H,2-5H2,1H3/q+1. The summed E-state index contributed by atoms with van der Waals surface area (Å²) in [6.07, 6.45) is 6.96. The van der Waals surface area contributed by atoms with E-state index in [2.05, 4.69) is 28.5 Å². The second-order valence-electron chi connectivity index (χ2n) is 2.80. The van der Waals surface area contributed by atoms with E-state index in [1.54, 1.807) is 0 Å². The Balaban J connectivity index is 2.44. The lowest BCUT2D eigenvalue weighted by Crippen LogP contribution is -2.30. The molecule has 1 aromatic heterocycles. The van der Waals surface area contributed by atoms with Gasteiger partial charge in [0.1, 0.15) is 12.4 Å². The Hall–Kier alpha value is -0.790. The normalized spacial score (nSPS) is 15.7. The van der Waals surface area contributed by atoms with Crippen LogP contribution in [0, 0.1) is 0 Å². The third-order valence-electron chi connectivity index (χ3n) is 2.23. The van der Waals surface area contributed by atoms with Crippen molar-refractivity contribution in [2.75, 3.05) is 0 Å². The first-order chi connectivity index (χ1) is 4.92. The molecule has 0 radical (unpaired) electrons. The summed E-state index contributed by atoms with van der Waals surface area (Å²) >= 11 is 0. The zero-order valence-electron chi connectivity index (χ0n) is 6.38. The monoisotopic (exact) mass is 137 g/mol. The smallest absolute Gasteiger partial charge is 0.235 e. The first kappa shape index (κ1) is 5.96. The lowest BCUT2D eigenvalue weighted by molar-refractivity contribution is -0.690. The maximum Gasteiger partial charge on any atom is 0.256 e. The Morgan fingerprint density at radius 1 is 1.70 bits per heavy atom. The molecule has 54 valence electrons. The van der Waals surface area contributed by atoms with Gasteiger partial charge >= 0.3 is 0 Å². The van der Waals surface area contributed by atoms with Crippen molar-refractivity contribution in [3.05, 3.63) is 18.2 Å². The summed E-state index contributed by atoms with van der Waals surface area (Å²) in [5, 5.41) is 0. The first-order valence-corrected chi connectivity index (χ1v) is 3.99. The van der Waals surface area contributed by atoms with Crippen molar-refractivity contribution < 1.29 is 4.57 Å². The molecule has 0 N–H and O–H groups in total. The molecule has 1 aromatic rings. The van der Waals surface area contributed by atoms with Gasteiger partial charge in [-0.2, -0.15) is 0 Å². The molecule has 0 saturated carbocycles. The van der Waals surface area contributed by atoms with Gasteiger partial charge in [0, 0.05) is 0 Å². The summed E-state index contributed by atoms with van der Waals surface area (Å²) in [6, 6.07) is 0. The predicted molar refractivity (Wildman–Crippen MR) is 38.6 cm³/mol. The van der Waals surface area contributed by atoms with E-state index in [-0.39, 0.29) is 0 Å². The largest absolute Gasteiger partial charge is 0.256 e. The highest BCUT2D eigenvalue weighted by Crippen LogP contribution is 2.05. The van der Waals surface area contributed by atoms with Crippen molar-refractivity contribution >= 4 is 0 Å². The van der Waals surface area contributed by atoms with Gasteiger partial charge in [-0.15, -0.1) is 0 Å². The first-order valence-electron chi connectivity index (χ1n) is 3.99. The lowest BCUT2D eigenvalue weighted by atomic mass is 10.3. The molecule has 1 aliphatic heterocycles. The van der Waals surface area contributed by atoms with Crippen molar-refractivity contribution in [3.63, 3.8) is 0 Å². The van der Waals surface area contributed by atoms with Crippen LogP contribution in [-0.4, -0.2) is 4.57 Å². The third kappa shape index (κ3) is 0.681. The van der Waals surface area contributed by atoms with E-state index < -0.39 is 0 Å². The van der Waals surface area contributed by atoms with Crippen LogP contribution in [-0.2, 0) is 19.5 Å². The summed E-state index contributed by atoms with van der Waals surface area (Å²) in [5.41, 5.74) is 0. The third-order valence-corrected chi connectivity index (χ3v) is 2.23. The fourth-order valence-electron chi connectivity index (χ4n) is 1.68. The molecule has 1 aliphatic rings. The van der Waals surface area contributed by atoms with Gasteiger partial charge in [0.15, 0.2) is 0 Å². The van der Waals surface area contributed by atoms with Crippen molar-refractivity contribution in [1.29, 1.82) is 0 Å². The Morgan fingerprint density at radius 2 is 2.60 bits per heavy atom. The van der Waals surface area contributed by atoms with Crippen molar-refractivity contribution in [3.8, 4) is 0 Å². The van der Waals surface area contributed by atoms with Crippen LogP contribution in [0.25, 0.3) is 0 Å². The van der Waals surface area contributed by atoms with Gasteiger partial charge < -0.3 is 0 Å². The molecule has 10 heavy (non-hydrogen) atoms. The van der Waals surface area contributed by atoms with Gasteiger partial charge in [0.2, 0.25) is 0 Å². The lowest BCUT2D eigenvalue weighted by Gasteiger charge is -1.90. The van der Waals surface area contributed by atoms with Crippen LogP contribution in [0.5, 0.6) is 0 Å². The minimum atomic E-state index is 1.11. The molecule has 0 amide bonds. The van der Waals surface area contributed by atoms with Crippen LogP contribution in [0.2, 0.25) is 0 Å². The molecule has 0 fully saturated rings. The zero-order chi connectivity index (χ0) is 6.97. The number of rotatable bonds is 1. The molecule has 0 unspecified atom stereocenters. The average Bonchev–Trinajstić information content (AvgIpc) is 2.44. The van der Waals surface area contributed by atoms with Crippen LogP contribution in [0.4, 0.5) is 0 Å². The fraction of sp³-hybridized carbons (Fsp3) is 0.625. The van der Waals surface area contributed by atoms with E-state index in [4.69, 9.17) is 0 Å². The number of fused-ring (bicyclic) bond motifs is 1. The molecule has 2 nitrogen and oxygen atoms in total. The van der Waals surface area contributed by atoms with Crippen LogP contribution in [0.15, 0.2) is 12.4 Å². The summed E-state index contributed by atoms with van der Waals surface area (Å²) in [5.74, 6) is 1.50. The second kappa shape index (κ2) is 2.11. The molecular weight excluding hydrogens is 124 g/mol. The number of hydrogen-bond acceptors (Lipinski definition) is 0. The number of imidazole rings is 1. The minimum absolute atomic E-state index is 1.11. The number of hydrogen-bond donors (Lipinski definition) is 0. The van der Waals surface area contributed by atoms with Crippen molar-refractivity contribution in [2.45, 2.75) is 32.9 Å². The molecule has 0 aliphatic carbocycles. The van der Waals surface area contributed by atoms with Gasteiger partial charge in [-0.1, -0.05) is 0 Å². The summed E-state index contributed by atoms with van der Waals surface area (Å²) < 4.78 is 4.68. The quantitative estimate of drug-likeness (QED) is 0.505. The summed E-state index contributed by atoms with van der Waals surface area (Å²) in [4.78, 5) is 0. The molecular formula is C8H13N2+. The van der Waals surface area contributed by atoms with Gasteiger partial charge in [0.05, 0.1) is 19.5 Å². The van der Waals surface area contributed by atoms with Gasteiger partial charge in [-0.3, -0.25) is 0 Å². The number of nitrogens with zero attached hydrogens (tertiary/aromatic N) is 2. The van der Waals surface area contributed by atoms with Crippen LogP contribution < -0.4 is 4.57 Å². The van der Waals surface area contributed by atoms with Gasteiger partial charge in [-0.25, -0.2) is 9.13 Å². The maximum atomic E-state index is 2.35. The highest BCUT2D eigenvalue weighted by molar-refractivity contribution is 4.85. The van der Waals surface area contributed by atoms with Gasteiger partial charge in [0.25, 0.3) is 5.82 Å². The average molecular weight is 137 g/mol. The molecule has 2 heteroatoms. The number of aryl methyl sites for hydroxylation is 2. The molecule has 0 saturated heterocycles. The Bertz CT molecular complexity index is 237. The van der Waals surface area contributed by atoms with Gasteiger partial charge in [-0.05, 0) is 13.3 Å². The summed E-state index contributed by atoms with van der Waals surface area (Å²) in [6.45, 7) is 4.53. The molecule has 0 aromatic carbocycles. The van der Waals surface area contributed by atoms with E-state index in [9.17, 15) is 0 Å². The zero-order valence-corrected chi connectivity index (χ0v) is 6.38. The highest BCUT2D eigenvalue weighted by atomic mass is 15.2. The highest BCUT2D eigenvalue weighted by Gasteiger charge is 2.20. The minimum Gasteiger partial charge on any atom is -0.235 e. The molecule has 2 rings (SSSR count). The van der Waals surface area contributed by atoms with Crippen LogP contribution >= 0.6 is 0 Å². The van der Waals surface area contributed by atoms with Crippen LogP contribution in [0.3, 0.4) is 0 Å². The van der Waals surface area contributed by atoms with Crippen molar-refractivity contribution in [2.24, 2.45) is 0 Å². The van der Waals surface area contributed by atoms with E-state index in [1.807, 2.05) is 0 Å². The Kier molecular flexibility index (Phi) is 1.26. The topological polar surface area (TPSA) is 8.81 Å². The predicted octanol–water partition coefficient (Wildman–Crippen LogP) is 0.742. The van der Waals surface area contributed by atoms with E-state index in [1.165, 1.54) is 25.2 Å². The molecule has 0 atom stereocenters. The Labute approximate surface area is 61.1 Å². The number of aromatic nitrogens is 2. The van der Waals surface area contributed by atoms with E-state index in [0.29, 0.717) is 0 Å². The summed E-state index contributed by atoms with van der Waals surface area (Å²) in [7, 11) is 0. The fourth-order valence-corrected chi connectivity index (χ4v) is 1.68. The van der Waals surface area contributed by atoms with E-state index >= 15 is 0 Å². The van der Waals surface area contributed by atoms with E-state index in [0.717, 1.165) is 6.54 Å². The molecule has 2 heterocycles. The molecule has 0 spiro atoms. The van der Waals surface area contributed by atoms with Crippen molar-refractivity contribution in [1.82, 2.24) is 4.57 Å². The maximum absolute atomic E-state index is 2.35. The van der Waals surface area contributed by atoms with Crippen LogP contribution in [0.1, 0.15) is 19.2 Å².